The lowest BCUT2D eigenvalue weighted by molar-refractivity contribution is -0.134. The molecule has 14 nitrogen and oxygen atoms in total. The molecule has 6 aliphatic rings. The van der Waals surface area contributed by atoms with Gasteiger partial charge in [-0.2, -0.15) is 0 Å². The Morgan fingerprint density at radius 3 is 2.39 bits per heavy atom. The molecule has 4 saturated heterocycles. The maximum Gasteiger partial charge on any atom is 0.249 e. The third-order valence-corrected chi connectivity index (χ3v) is 13.9. The molecule has 4 aromatic rings. The van der Waals surface area contributed by atoms with Crippen LogP contribution >= 0.6 is 0 Å². The van der Waals surface area contributed by atoms with Gasteiger partial charge in [0.15, 0.2) is 5.82 Å². The first kappa shape index (κ1) is 37.7. The SMILES string of the molecule is Nc1nnc(-c2cc(F)ccc2O)cc1N1C[C@H]2CC[C@@H](C1)N2c1nccc(C2CCN([C@H]3CC[C@H](c4cccc5c4OCCN5[C@@H]4CCC(=O)NC4=O)CC3)CC2)n1. The van der Waals surface area contributed by atoms with Crippen molar-refractivity contribution in [2.24, 2.45) is 0 Å². The molecule has 1 aliphatic carbocycles. The number of para-hydroxylation sites is 1. The van der Waals surface area contributed by atoms with E-state index in [0.29, 0.717) is 55.4 Å². The lowest BCUT2D eigenvalue weighted by atomic mass is 9.79. The Hall–Kier alpha value is -5.57. The van der Waals surface area contributed by atoms with Gasteiger partial charge in [-0.25, -0.2) is 14.4 Å². The van der Waals surface area contributed by atoms with Crippen molar-refractivity contribution in [3.63, 3.8) is 0 Å². The first-order valence-corrected chi connectivity index (χ1v) is 21.4. The number of rotatable bonds is 7. The summed E-state index contributed by atoms with van der Waals surface area (Å²) in [5, 5.41) is 21.3. The lowest BCUT2D eigenvalue weighted by Crippen LogP contribution is -2.54. The van der Waals surface area contributed by atoms with Crippen molar-refractivity contribution in [2.45, 2.75) is 100 Å². The monoisotopic (exact) mass is 802 g/mol. The van der Waals surface area contributed by atoms with Crippen molar-refractivity contribution < 1.29 is 23.8 Å². The van der Waals surface area contributed by atoms with E-state index in [1.165, 1.54) is 23.8 Å². The second kappa shape index (κ2) is 15.6. The van der Waals surface area contributed by atoms with Crippen LogP contribution in [0, 0.1) is 5.82 Å². The number of carbonyl (C=O) groups excluding carboxylic acids is 2. The van der Waals surface area contributed by atoms with Gasteiger partial charge in [0, 0.05) is 61.0 Å². The van der Waals surface area contributed by atoms with Crippen LogP contribution in [0.25, 0.3) is 11.3 Å². The Morgan fingerprint density at radius 2 is 1.61 bits per heavy atom. The van der Waals surface area contributed by atoms with E-state index in [2.05, 4.69) is 59.4 Å². The third kappa shape index (κ3) is 7.16. The van der Waals surface area contributed by atoms with Gasteiger partial charge in [0.05, 0.1) is 23.6 Å². The van der Waals surface area contributed by atoms with Crippen molar-refractivity contribution in [3.05, 3.63) is 71.8 Å². The number of hydrogen-bond donors (Lipinski definition) is 3. The molecule has 0 spiro atoms. The van der Waals surface area contributed by atoms with Crippen molar-refractivity contribution in [1.82, 2.24) is 30.4 Å². The van der Waals surface area contributed by atoms with Crippen LogP contribution in [0.15, 0.2) is 54.7 Å². The highest BCUT2D eigenvalue weighted by Gasteiger charge is 2.43. The summed E-state index contributed by atoms with van der Waals surface area (Å²) in [4.78, 5) is 44.1. The number of fused-ring (bicyclic) bond motifs is 3. The highest BCUT2D eigenvalue weighted by Crippen LogP contribution is 2.46. The highest BCUT2D eigenvalue weighted by atomic mass is 19.1. The number of phenolic OH excluding ortho intramolecular Hbond substituents is 1. The van der Waals surface area contributed by atoms with Gasteiger partial charge in [-0.15, -0.1) is 10.2 Å². The Labute approximate surface area is 342 Å². The predicted molar refractivity (Wildman–Crippen MR) is 221 cm³/mol. The molecule has 2 aromatic carbocycles. The molecule has 0 unspecified atom stereocenters. The molecular weight excluding hydrogens is 752 g/mol. The zero-order valence-electron chi connectivity index (χ0n) is 33.2. The standard InChI is InChI=1S/C44H51FN10O4/c45-28-6-12-39(56)33(22-28)35-23-38(42(46)51-50-35)53-24-30-9-10-31(25-53)55(30)44-47-17-14-34(48-44)27-15-18-52(19-16-27)29-7-4-26(5-8-29)32-2-1-3-36-41(32)59-21-20-54(36)37-11-13-40(57)49-43(37)58/h1-3,6,12,14,17,22-23,26-27,29-31,37,56H,4-5,7-11,13,15-16,18-21,24-25H2,(H2,46,51)(H,49,57,58)/t26-,29-,30-,31+,37-/m1/s1. The zero-order chi connectivity index (χ0) is 40.2. The summed E-state index contributed by atoms with van der Waals surface area (Å²) < 4.78 is 20.4. The summed E-state index contributed by atoms with van der Waals surface area (Å²) in [6, 6.07) is 14.7. The molecule has 308 valence electrons. The molecule has 1 saturated carbocycles. The minimum Gasteiger partial charge on any atom is -0.507 e. The zero-order valence-corrected chi connectivity index (χ0v) is 33.2. The summed E-state index contributed by atoms with van der Waals surface area (Å²) in [6.07, 6.45) is 11.5. The van der Waals surface area contributed by atoms with Gasteiger partial charge in [-0.1, -0.05) is 12.1 Å². The number of anilines is 4. The molecule has 0 radical (unpaired) electrons. The fourth-order valence-electron chi connectivity index (χ4n) is 10.9. The number of phenols is 1. The minimum absolute atomic E-state index is 0.0623. The fourth-order valence-corrected chi connectivity index (χ4v) is 10.9. The van der Waals surface area contributed by atoms with Gasteiger partial charge in [0.1, 0.15) is 30.0 Å². The van der Waals surface area contributed by atoms with Gasteiger partial charge < -0.3 is 35.2 Å². The number of ether oxygens (including phenoxy) is 1. The number of aromatic hydroxyl groups is 1. The third-order valence-electron chi connectivity index (χ3n) is 13.9. The van der Waals surface area contributed by atoms with Crippen LogP contribution in [0.1, 0.15) is 87.3 Å². The number of aromatic nitrogens is 4. The van der Waals surface area contributed by atoms with E-state index in [1.54, 1.807) is 6.07 Å². The highest BCUT2D eigenvalue weighted by molar-refractivity contribution is 6.02. The van der Waals surface area contributed by atoms with Crippen molar-refractivity contribution in [2.75, 3.05) is 59.8 Å². The van der Waals surface area contributed by atoms with Gasteiger partial charge in [-0.05, 0) is 119 Å². The number of piperazine rings is 1. The summed E-state index contributed by atoms with van der Waals surface area (Å²) in [6.45, 7) is 4.73. The van der Waals surface area contributed by atoms with E-state index >= 15 is 0 Å². The second-order valence-electron chi connectivity index (χ2n) is 17.2. The number of carbonyl (C=O) groups is 2. The molecule has 3 atom stereocenters. The molecule has 59 heavy (non-hydrogen) atoms. The number of nitrogens with one attached hydrogen (secondary N) is 1. The van der Waals surface area contributed by atoms with Crippen LogP contribution < -0.4 is 30.5 Å². The van der Waals surface area contributed by atoms with E-state index in [-0.39, 0.29) is 41.3 Å². The maximum absolute atomic E-state index is 14.1. The van der Waals surface area contributed by atoms with Gasteiger partial charge in [-0.3, -0.25) is 14.9 Å². The molecule has 2 amide bonds. The van der Waals surface area contributed by atoms with Crippen molar-refractivity contribution in [3.8, 4) is 22.8 Å². The number of nitrogen functional groups attached to an aromatic ring is 1. The van der Waals surface area contributed by atoms with Crippen LogP contribution in [0.5, 0.6) is 11.5 Å². The predicted octanol–water partition coefficient (Wildman–Crippen LogP) is 5.13. The van der Waals surface area contributed by atoms with E-state index in [0.717, 1.165) is 106 Å². The van der Waals surface area contributed by atoms with Crippen LogP contribution in [0.2, 0.25) is 0 Å². The number of amides is 2. The average molecular weight is 803 g/mol. The molecule has 15 heteroatoms. The topological polar surface area (TPSA) is 166 Å². The van der Waals surface area contributed by atoms with Gasteiger partial charge in [0.2, 0.25) is 17.8 Å². The number of halogens is 1. The number of benzene rings is 2. The Kier molecular flexibility index (Phi) is 9.93. The van der Waals surface area contributed by atoms with Crippen molar-refractivity contribution in [1.29, 1.82) is 0 Å². The maximum atomic E-state index is 14.1. The van der Waals surface area contributed by atoms with Gasteiger partial charge in [0.25, 0.3) is 0 Å². The molecule has 10 rings (SSSR count). The molecule has 7 heterocycles. The average Bonchev–Trinajstić information content (AvgIpc) is 3.53. The lowest BCUT2D eigenvalue weighted by Gasteiger charge is -2.43. The summed E-state index contributed by atoms with van der Waals surface area (Å²) >= 11 is 0. The molecule has 5 fully saturated rings. The normalized spacial score (nSPS) is 26.4. The number of nitrogens with two attached hydrogens (primary N) is 1. The van der Waals surface area contributed by atoms with Crippen LogP contribution in [0.3, 0.4) is 0 Å². The first-order chi connectivity index (χ1) is 28.8. The van der Waals surface area contributed by atoms with Gasteiger partial charge >= 0.3 is 0 Å². The second-order valence-corrected chi connectivity index (χ2v) is 17.2. The summed E-state index contributed by atoms with van der Waals surface area (Å²) in [7, 11) is 0. The minimum atomic E-state index is -0.460. The Bertz CT molecular complexity index is 2230. The van der Waals surface area contributed by atoms with E-state index in [4.69, 9.17) is 20.4 Å². The Balaban J connectivity index is 0.754. The summed E-state index contributed by atoms with van der Waals surface area (Å²) in [5.41, 5.74) is 11.1. The number of imide groups is 1. The summed E-state index contributed by atoms with van der Waals surface area (Å²) in [5.74, 6) is 1.91. The van der Waals surface area contributed by atoms with Crippen LogP contribution in [-0.4, -0.2) is 105 Å². The van der Waals surface area contributed by atoms with E-state index < -0.39 is 5.82 Å². The number of piperidine rings is 2. The molecule has 2 bridgehead atoms. The van der Waals surface area contributed by atoms with E-state index in [1.807, 2.05) is 6.20 Å². The first-order valence-electron chi connectivity index (χ1n) is 21.4. The quantitative estimate of drug-likeness (QED) is 0.211. The Morgan fingerprint density at radius 1 is 0.831 bits per heavy atom. The van der Waals surface area contributed by atoms with Crippen LogP contribution in [-0.2, 0) is 9.59 Å². The number of nitrogens with zero attached hydrogens (tertiary/aromatic N) is 8. The fraction of sp³-hybridized carbons (Fsp3) is 0.500. The smallest absolute Gasteiger partial charge is 0.249 e. The van der Waals surface area contributed by atoms with Crippen LogP contribution in [0.4, 0.5) is 27.5 Å². The number of likely N-dealkylation sites (tertiary alicyclic amines) is 1. The number of hydrogen-bond acceptors (Lipinski definition) is 13. The molecule has 4 N–H and O–H groups in total. The van der Waals surface area contributed by atoms with Crippen molar-refractivity contribution >= 4 is 35.0 Å². The molecule has 2 aromatic heterocycles. The van der Waals surface area contributed by atoms with E-state index in [9.17, 15) is 19.1 Å². The molecule has 5 aliphatic heterocycles. The molecular formula is C44H51FN10O4. The largest absolute Gasteiger partial charge is 0.507 e.